The zero-order valence-corrected chi connectivity index (χ0v) is 14.9. The summed E-state index contributed by atoms with van der Waals surface area (Å²) in [6, 6.07) is 9.06. The Labute approximate surface area is 147 Å². The summed E-state index contributed by atoms with van der Waals surface area (Å²) in [5, 5.41) is 6.08. The maximum absolute atomic E-state index is 12.2. The molecule has 128 valence electrons. The molecule has 0 unspecified atom stereocenters. The summed E-state index contributed by atoms with van der Waals surface area (Å²) >= 11 is 1.60. The molecule has 1 aromatic carbocycles. The lowest BCUT2D eigenvalue weighted by Gasteiger charge is -2.26. The third-order valence-corrected chi connectivity index (χ3v) is 5.58. The molecule has 1 saturated carbocycles. The first-order valence-electron chi connectivity index (χ1n) is 8.72. The van der Waals surface area contributed by atoms with E-state index in [1.54, 1.807) is 11.3 Å². The van der Waals surface area contributed by atoms with Gasteiger partial charge in [-0.3, -0.25) is 4.79 Å². The van der Waals surface area contributed by atoms with Crippen LogP contribution in [0.2, 0.25) is 0 Å². The van der Waals surface area contributed by atoms with Crippen molar-refractivity contribution in [3.8, 4) is 10.6 Å². The Bertz CT molecular complexity index is 672. The van der Waals surface area contributed by atoms with E-state index in [9.17, 15) is 4.79 Å². The van der Waals surface area contributed by atoms with Crippen LogP contribution in [0.25, 0.3) is 10.6 Å². The van der Waals surface area contributed by atoms with Crippen molar-refractivity contribution in [3.05, 3.63) is 40.9 Å². The Morgan fingerprint density at radius 2 is 1.96 bits per heavy atom. The number of aryl methyl sites for hydroxylation is 1. The van der Waals surface area contributed by atoms with E-state index in [2.05, 4.69) is 41.5 Å². The Balaban J connectivity index is 1.56. The summed E-state index contributed by atoms with van der Waals surface area (Å²) in [5.41, 5.74) is 9.19. The van der Waals surface area contributed by atoms with Gasteiger partial charge in [0.2, 0.25) is 5.91 Å². The molecule has 3 N–H and O–H groups in total. The molecule has 0 aliphatic heterocycles. The third-order valence-electron chi connectivity index (χ3n) is 4.64. The molecule has 1 aliphatic carbocycles. The molecule has 0 radical (unpaired) electrons. The lowest BCUT2D eigenvalue weighted by molar-refractivity contribution is -0.121. The molecule has 2 aromatic rings. The first kappa shape index (κ1) is 17.1. The number of nitrogens with zero attached hydrogens (tertiary/aromatic N) is 1. The Kier molecular flexibility index (Phi) is 5.63. The number of amides is 1. The second-order valence-corrected chi connectivity index (χ2v) is 7.41. The molecular weight excluding hydrogens is 318 g/mol. The lowest BCUT2D eigenvalue weighted by atomic mass is 9.92. The van der Waals surface area contributed by atoms with Crippen LogP contribution in [-0.4, -0.2) is 23.0 Å². The van der Waals surface area contributed by atoms with Crippen LogP contribution in [0.4, 0.5) is 0 Å². The SMILES string of the molecule is CCc1ccc(-c2nc(CC(=O)NC3CCC(N)CC3)cs2)cc1. The van der Waals surface area contributed by atoms with Gasteiger partial charge < -0.3 is 11.1 Å². The second kappa shape index (κ2) is 7.90. The molecule has 1 aromatic heterocycles. The van der Waals surface area contributed by atoms with Gasteiger partial charge in [0.1, 0.15) is 5.01 Å². The van der Waals surface area contributed by atoms with E-state index in [-0.39, 0.29) is 11.9 Å². The van der Waals surface area contributed by atoms with Gasteiger partial charge in [-0.15, -0.1) is 11.3 Å². The molecule has 0 spiro atoms. The van der Waals surface area contributed by atoms with Gasteiger partial charge in [-0.2, -0.15) is 0 Å². The minimum atomic E-state index is 0.0636. The van der Waals surface area contributed by atoms with Crippen LogP contribution in [-0.2, 0) is 17.6 Å². The van der Waals surface area contributed by atoms with Crippen LogP contribution in [0.15, 0.2) is 29.6 Å². The van der Waals surface area contributed by atoms with Crippen LogP contribution in [0, 0.1) is 0 Å². The van der Waals surface area contributed by atoms with Crippen LogP contribution < -0.4 is 11.1 Å². The normalized spacial score (nSPS) is 20.8. The molecule has 0 atom stereocenters. The van der Waals surface area contributed by atoms with Gasteiger partial charge in [0.15, 0.2) is 0 Å². The minimum absolute atomic E-state index is 0.0636. The molecule has 24 heavy (non-hydrogen) atoms. The van der Waals surface area contributed by atoms with Gasteiger partial charge >= 0.3 is 0 Å². The van der Waals surface area contributed by atoms with Crippen LogP contribution in [0.5, 0.6) is 0 Å². The quantitative estimate of drug-likeness (QED) is 0.875. The summed E-state index contributed by atoms with van der Waals surface area (Å²) in [6.07, 6.45) is 5.36. The van der Waals surface area contributed by atoms with Crippen LogP contribution in [0.3, 0.4) is 0 Å². The fourth-order valence-electron chi connectivity index (χ4n) is 3.11. The standard InChI is InChI=1S/C19H25N3OS/c1-2-13-3-5-14(6-4-13)19-22-17(12-24-19)11-18(23)21-16-9-7-15(20)8-10-16/h3-6,12,15-16H,2,7-11,20H2,1H3,(H,21,23). The van der Waals surface area contributed by atoms with Gasteiger partial charge in [0.25, 0.3) is 0 Å². The molecule has 4 nitrogen and oxygen atoms in total. The number of carbonyl (C=O) groups is 1. The highest BCUT2D eigenvalue weighted by atomic mass is 32.1. The van der Waals surface area contributed by atoms with Gasteiger partial charge in [0, 0.05) is 23.0 Å². The first-order chi connectivity index (χ1) is 11.6. The summed E-state index contributed by atoms with van der Waals surface area (Å²) in [5.74, 6) is 0.0636. The Morgan fingerprint density at radius 3 is 2.62 bits per heavy atom. The van der Waals surface area contributed by atoms with Gasteiger partial charge in [0.05, 0.1) is 12.1 Å². The number of hydrogen-bond acceptors (Lipinski definition) is 4. The topological polar surface area (TPSA) is 68.0 Å². The number of benzene rings is 1. The van der Waals surface area contributed by atoms with E-state index in [4.69, 9.17) is 5.73 Å². The van der Waals surface area contributed by atoms with E-state index in [1.807, 2.05) is 5.38 Å². The summed E-state index contributed by atoms with van der Waals surface area (Å²) in [4.78, 5) is 16.8. The highest BCUT2D eigenvalue weighted by Crippen LogP contribution is 2.24. The molecular formula is C19H25N3OS. The highest BCUT2D eigenvalue weighted by Gasteiger charge is 2.20. The molecule has 1 amide bonds. The third kappa shape index (κ3) is 4.42. The lowest BCUT2D eigenvalue weighted by Crippen LogP contribution is -2.41. The van der Waals surface area contributed by atoms with E-state index >= 15 is 0 Å². The number of nitrogens with two attached hydrogens (primary N) is 1. The van der Waals surface area contributed by atoms with Crippen molar-refractivity contribution in [1.82, 2.24) is 10.3 Å². The van der Waals surface area contributed by atoms with Gasteiger partial charge in [-0.25, -0.2) is 4.98 Å². The monoisotopic (exact) mass is 343 g/mol. The fraction of sp³-hybridized carbons (Fsp3) is 0.474. The van der Waals surface area contributed by atoms with Gasteiger partial charge in [-0.1, -0.05) is 31.2 Å². The smallest absolute Gasteiger partial charge is 0.226 e. The molecule has 1 fully saturated rings. The Morgan fingerprint density at radius 1 is 1.25 bits per heavy atom. The second-order valence-electron chi connectivity index (χ2n) is 6.55. The molecule has 1 aliphatic rings. The number of rotatable bonds is 5. The van der Waals surface area contributed by atoms with Crippen molar-refractivity contribution >= 4 is 17.2 Å². The minimum Gasteiger partial charge on any atom is -0.353 e. The number of hydrogen-bond donors (Lipinski definition) is 2. The van der Waals surface area contributed by atoms with E-state index < -0.39 is 0 Å². The summed E-state index contributed by atoms with van der Waals surface area (Å²) in [7, 11) is 0. The maximum Gasteiger partial charge on any atom is 0.226 e. The number of thiazole rings is 1. The van der Waals surface area contributed by atoms with Crippen LogP contribution in [0.1, 0.15) is 43.9 Å². The molecule has 0 bridgehead atoms. The van der Waals surface area contributed by atoms with E-state index in [1.165, 1.54) is 5.56 Å². The van der Waals surface area contributed by atoms with Crippen molar-refractivity contribution in [2.75, 3.05) is 0 Å². The van der Waals surface area contributed by atoms with Crippen LogP contribution >= 0.6 is 11.3 Å². The average Bonchev–Trinajstić information content (AvgIpc) is 3.05. The predicted molar refractivity (Wildman–Crippen MR) is 99.0 cm³/mol. The molecule has 1 heterocycles. The van der Waals surface area contributed by atoms with Crippen molar-refractivity contribution in [1.29, 1.82) is 0 Å². The maximum atomic E-state index is 12.2. The van der Waals surface area contributed by atoms with Crippen molar-refractivity contribution in [2.24, 2.45) is 5.73 Å². The van der Waals surface area contributed by atoms with Crippen molar-refractivity contribution in [2.45, 2.75) is 57.5 Å². The molecule has 3 rings (SSSR count). The van der Waals surface area contributed by atoms with Crippen molar-refractivity contribution in [3.63, 3.8) is 0 Å². The van der Waals surface area contributed by atoms with Crippen molar-refractivity contribution < 1.29 is 4.79 Å². The summed E-state index contributed by atoms with van der Waals surface area (Å²) < 4.78 is 0. The number of carbonyl (C=O) groups excluding carboxylic acids is 1. The van der Waals surface area contributed by atoms with Gasteiger partial charge in [-0.05, 0) is 37.7 Å². The zero-order chi connectivity index (χ0) is 16.9. The van der Waals surface area contributed by atoms with E-state index in [0.717, 1.165) is 48.4 Å². The summed E-state index contributed by atoms with van der Waals surface area (Å²) in [6.45, 7) is 2.15. The first-order valence-corrected chi connectivity index (χ1v) is 9.60. The number of aromatic nitrogens is 1. The zero-order valence-electron chi connectivity index (χ0n) is 14.1. The highest BCUT2D eigenvalue weighted by molar-refractivity contribution is 7.13. The fourth-order valence-corrected chi connectivity index (χ4v) is 3.94. The van der Waals surface area contributed by atoms with E-state index in [0.29, 0.717) is 12.5 Å². The Hall–Kier alpha value is -1.72. The number of nitrogens with one attached hydrogen (secondary N) is 1. The predicted octanol–water partition coefficient (Wildman–Crippen LogP) is 3.30. The largest absolute Gasteiger partial charge is 0.353 e. The molecule has 0 saturated heterocycles. The average molecular weight is 343 g/mol. The molecule has 5 heteroatoms.